The molecule has 0 aliphatic rings. The van der Waals surface area contributed by atoms with E-state index in [-0.39, 0.29) is 17.8 Å². The molecule has 21 heavy (non-hydrogen) atoms. The maximum absolute atomic E-state index is 13.3. The van der Waals surface area contributed by atoms with Crippen molar-refractivity contribution < 1.29 is 9.18 Å². The Bertz CT molecular complexity index is 665. The number of likely N-dealkylation sites (N-methyl/N-ethyl adjacent to an activating group) is 1. The van der Waals surface area contributed by atoms with Crippen LogP contribution in [0.1, 0.15) is 29.9 Å². The zero-order valence-corrected chi connectivity index (χ0v) is 12.6. The average molecular weight is 289 g/mol. The molecule has 1 unspecified atom stereocenters. The summed E-state index contributed by atoms with van der Waals surface area (Å²) in [5.74, 6) is -0.459. The molecular weight excluding hydrogens is 269 g/mol. The number of aromatic nitrogens is 1. The van der Waals surface area contributed by atoms with Crippen LogP contribution in [0, 0.1) is 12.7 Å². The average Bonchev–Trinajstić information content (AvgIpc) is 2.42. The summed E-state index contributed by atoms with van der Waals surface area (Å²) in [4.78, 5) is 18.7. The maximum atomic E-state index is 13.3. The van der Waals surface area contributed by atoms with Crippen LogP contribution in [-0.4, -0.2) is 34.9 Å². The molecule has 112 valence electrons. The molecule has 0 spiro atoms. The summed E-state index contributed by atoms with van der Waals surface area (Å²) < 4.78 is 13.3. The van der Waals surface area contributed by atoms with Gasteiger partial charge in [0.15, 0.2) is 0 Å². The van der Waals surface area contributed by atoms with Crippen LogP contribution >= 0.6 is 0 Å². The highest BCUT2D eigenvalue weighted by atomic mass is 19.1. The number of nitrogens with zero attached hydrogens (tertiary/aromatic N) is 2. The molecule has 0 radical (unpaired) electrons. The highest BCUT2D eigenvalue weighted by Gasteiger charge is 2.19. The minimum atomic E-state index is -0.359. The number of rotatable bonds is 4. The van der Waals surface area contributed by atoms with Crippen LogP contribution in [0.4, 0.5) is 4.39 Å². The van der Waals surface area contributed by atoms with Crippen LogP contribution in [0.25, 0.3) is 10.9 Å². The molecule has 0 aliphatic carbocycles. The molecular formula is C16H20FN3O. The Morgan fingerprint density at radius 3 is 2.76 bits per heavy atom. The number of hydrogen-bond acceptors (Lipinski definition) is 3. The van der Waals surface area contributed by atoms with E-state index < -0.39 is 0 Å². The Balaban J connectivity index is 2.52. The lowest BCUT2D eigenvalue weighted by molar-refractivity contribution is 0.0759. The van der Waals surface area contributed by atoms with Gasteiger partial charge in [0.2, 0.25) is 0 Å². The number of benzene rings is 1. The first-order chi connectivity index (χ1) is 9.92. The Morgan fingerprint density at radius 2 is 2.14 bits per heavy atom. The summed E-state index contributed by atoms with van der Waals surface area (Å²) in [6.45, 7) is 6.63. The zero-order chi connectivity index (χ0) is 15.6. The summed E-state index contributed by atoms with van der Waals surface area (Å²) in [6.07, 6.45) is 0. The predicted molar refractivity (Wildman–Crippen MR) is 81.7 cm³/mol. The van der Waals surface area contributed by atoms with Crippen molar-refractivity contribution in [1.29, 1.82) is 0 Å². The molecule has 0 saturated heterocycles. The number of carbonyl (C=O) groups is 1. The molecule has 2 N–H and O–H groups in total. The molecule has 1 amide bonds. The van der Waals surface area contributed by atoms with E-state index >= 15 is 0 Å². The van der Waals surface area contributed by atoms with E-state index in [0.717, 1.165) is 0 Å². The standard InChI is InChI=1S/C16H20FN3O/c1-4-20(9-10(2)18)16(21)14-7-11(3)19-15-8-12(17)5-6-13(14)15/h5-8,10H,4,9,18H2,1-3H3. The van der Waals surface area contributed by atoms with Crippen LogP contribution in [0.15, 0.2) is 24.3 Å². The van der Waals surface area contributed by atoms with Gasteiger partial charge < -0.3 is 10.6 Å². The summed E-state index contributed by atoms with van der Waals surface area (Å²) in [6, 6.07) is 5.94. The Morgan fingerprint density at radius 1 is 1.43 bits per heavy atom. The molecule has 1 aromatic carbocycles. The van der Waals surface area contributed by atoms with Crippen LogP contribution in [-0.2, 0) is 0 Å². The van der Waals surface area contributed by atoms with E-state index in [0.29, 0.717) is 35.2 Å². The van der Waals surface area contributed by atoms with Gasteiger partial charge in [0.25, 0.3) is 5.91 Å². The molecule has 4 nitrogen and oxygen atoms in total. The Hall–Kier alpha value is -2.01. The summed E-state index contributed by atoms with van der Waals surface area (Å²) in [7, 11) is 0. The van der Waals surface area contributed by atoms with Crippen LogP contribution in [0.3, 0.4) is 0 Å². The highest BCUT2D eigenvalue weighted by molar-refractivity contribution is 6.06. The molecule has 2 aromatic rings. The van der Waals surface area contributed by atoms with Gasteiger partial charge in [-0.3, -0.25) is 9.78 Å². The highest BCUT2D eigenvalue weighted by Crippen LogP contribution is 2.21. The third kappa shape index (κ3) is 3.36. The fourth-order valence-corrected chi connectivity index (χ4v) is 2.38. The van der Waals surface area contributed by atoms with Crippen molar-refractivity contribution in [3.63, 3.8) is 0 Å². The molecule has 5 heteroatoms. The lowest BCUT2D eigenvalue weighted by Crippen LogP contribution is -2.39. The van der Waals surface area contributed by atoms with Crippen molar-refractivity contribution in [2.75, 3.05) is 13.1 Å². The number of hydrogen-bond donors (Lipinski definition) is 1. The molecule has 0 aliphatic heterocycles. The second kappa shape index (κ2) is 6.18. The summed E-state index contributed by atoms with van der Waals surface area (Å²) >= 11 is 0. The number of carbonyl (C=O) groups excluding carboxylic acids is 1. The van der Waals surface area contributed by atoms with Gasteiger partial charge in [-0.2, -0.15) is 0 Å². The first-order valence-electron chi connectivity index (χ1n) is 7.04. The van der Waals surface area contributed by atoms with Gasteiger partial charge in [-0.1, -0.05) is 0 Å². The Labute approximate surface area is 123 Å². The van der Waals surface area contributed by atoms with Gasteiger partial charge in [0.1, 0.15) is 5.82 Å². The third-order valence-corrected chi connectivity index (χ3v) is 3.31. The number of fused-ring (bicyclic) bond motifs is 1. The third-order valence-electron chi connectivity index (χ3n) is 3.31. The number of amides is 1. The largest absolute Gasteiger partial charge is 0.337 e. The van der Waals surface area contributed by atoms with E-state index in [2.05, 4.69) is 4.98 Å². The Kier molecular flexibility index (Phi) is 4.53. The van der Waals surface area contributed by atoms with Gasteiger partial charge in [-0.15, -0.1) is 0 Å². The van der Waals surface area contributed by atoms with Gasteiger partial charge in [-0.05, 0) is 39.0 Å². The topological polar surface area (TPSA) is 59.2 Å². The quantitative estimate of drug-likeness (QED) is 0.940. The van der Waals surface area contributed by atoms with E-state index in [1.165, 1.54) is 12.1 Å². The predicted octanol–water partition coefficient (Wildman–Crippen LogP) is 2.49. The lowest BCUT2D eigenvalue weighted by atomic mass is 10.1. The zero-order valence-electron chi connectivity index (χ0n) is 12.6. The van der Waals surface area contributed by atoms with Crippen molar-refractivity contribution in [1.82, 2.24) is 9.88 Å². The van der Waals surface area contributed by atoms with Crippen LogP contribution in [0.2, 0.25) is 0 Å². The van der Waals surface area contributed by atoms with Crippen molar-refractivity contribution >= 4 is 16.8 Å². The number of halogens is 1. The summed E-state index contributed by atoms with van der Waals surface area (Å²) in [5, 5.41) is 0.662. The van der Waals surface area contributed by atoms with Crippen molar-refractivity contribution in [3.8, 4) is 0 Å². The fourth-order valence-electron chi connectivity index (χ4n) is 2.38. The SMILES string of the molecule is CCN(CC(C)N)C(=O)c1cc(C)nc2cc(F)ccc12. The van der Waals surface area contributed by atoms with Crippen LogP contribution in [0.5, 0.6) is 0 Å². The minimum Gasteiger partial charge on any atom is -0.337 e. The second-order valence-electron chi connectivity index (χ2n) is 5.29. The summed E-state index contributed by atoms with van der Waals surface area (Å²) in [5.41, 5.74) is 7.52. The molecule has 1 atom stereocenters. The second-order valence-corrected chi connectivity index (χ2v) is 5.29. The lowest BCUT2D eigenvalue weighted by Gasteiger charge is -2.23. The number of nitrogens with two attached hydrogens (primary N) is 1. The van der Waals surface area contributed by atoms with Crippen molar-refractivity contribution in [2.45, 2.75) is 26.8 Å². The normalized spacial score (nSPS) is 12.4. The van der Waals surface area contributed by atoms with Gasteiger partial charge in [0, 0.05) is 36.3 Å². The van der Waals surface area contributed by atoms with E-state index in [1.807, 2.05) is 13.8 Å². The molecule has 1 heterocycles. The molecule has 0 bridgehead atoms. The van der Waals surface area contributed by atoms with Crippen molar-refractivity contribution in [2.24, 2.45) is 5.73 Å². The molecule has 2 rings (SSSR count). The van der Waals surface area contributed by atoms with Gasteiger partial charge in [0.05, 0.1) is 11.1 Å². The number of pyridine rings is 1. The van der Waals surface area contributed by atoms with Crippen molar-refractivity contribution in [3.05, 3.63) is 41.3 Å². The first kappa shape index (κ1) is 15.4. The van der Waals surface area contributed by atoms with E-state index in [9.17, 15) is 9.18 Å². The molecule has 1 aromatic heterocycles. The van der Waals surface area contributed by atoms with E-state index in [1.54, 1.807) is 24.0 Å². The van der Waals surface area contributed by atoms with Gasteiger partial charge in [-0.25, -0.2) is 4.39 Å². The molecule has 0 fully saturated rings. The monoisotopic (exact) mass is 289 g/mol. The number of aryl methyl sites for hydroxylation is 1. The van der Waals surface area contributed by atoms with Gasteiger partial charge >= 0.3 is 0 Å². The van der Waals surface area contributed by atoms with E-state index in [4.69, 9.17) is 5.73 Å². The maximum Gasteiger partial charge on any atom is 0.254 e. The fraction of sp³-hybridized carbons (Fsp3) is 0.375. The smallest absolute Gasteiger partial charge is 0.254 e. The minimum absolute atomic E-state index is 0.0967. The first-order valence-corrected chi connectivity index (χ1v) is 7.04. The molecule has 0 saturated carbocycles. The van der Waals surface area contributed by atoms with Crippen LogP contribution < -0.4 is 5.73 Å².